The number of ether oxygens (including phenoxy) is 1. The predicted molar refractivity (Wildman–Crippen MR) is 54.1 cm³/mol. The van der Waals surface area contributed by atoms with E-state index in [4.69, 9.17) is 10.3 Å². The predicted octanol–water partition coefficient (Wildman–Crippen LogP) is 2.33. The topological polar surface area (TPSA) is 87.0 Å². The lowest BCUT2D eigenvalue weighted by Crippen LogP contribution is -2.15. The summed E-state index contributed by atoms with van der Waals surface area (Å²) in [5.74, 6) is 0.325. The minimum Gasteiger partial charge on any atom is -0.712 e. The molecule has 6 nitrogen and oxygen atoms in total. The zero-order chi connectivity index (χ0) is 12.0. The van der Waals surface area contributed by atoms with Crippen molar-refractivity contribution in [2.75, 3.05) is 13.2 Å². The van der Waals surface area contributed by atoms with E-state index in [1.165, 1.54) is 24.3 Å². The van der Waals surface area contributed by atoms with E-state index in [-0.39, 0.29) is 18.8 Å². The van der Waals surface area contributed by atoms with Gasteiger partial charge in [0.15, 0.2) is 6.17 Å². The number of non-ortho nitro benzene ring substituents is 1. The second-order valence-electron chi connectivity index (χ2n) is 2.98. The molecular formula is C9H9FN3O3-. The molecule has 1 aromatic carbocycles. The molecule has 16 heavy (non-hydrogen) atoms. The molecule has 86 valence electrons. The van der Waals surface area contributed by atoms with E-state index < -0.39 is 11.1 Å². The Morgan fingerprint density at radius 3 is 2.62 bits per heavy atom. The maximum Gasteiger partial charge on any atom is 0.269 e. The average Bonchev–Trinajstić information content (AvgIpc) is 2.27. The summed E-state index contributed by atoms with van der Waals surface area (Å²) in [5, 5.41) is 13.0. The molecule has 0 amide bonds. The number of nitrogens with zero attached hydrogens (tertiary/aromatic N) is 3. The van der Waals surface area contributed by atoms with Crippen LogP contribution in [0.5, 0.6) is 5.75 Å². The summed E-state index contributed by atoms with van der Waals surface area (Å²) in [6.07, 6.45) is -1.40. The largest absolute Gasteiger partial charge is 0.712 e. The molecule has 0 aliphatic carbocycles. The highest BCUT2D eigenvalue weighted by molar-refractivity contribution is 5.35. The van der Waals surface area contributed by atoms with Crippen molar-refractivity contribution >= 4 is 5.69 Å². The first kappa shape index (κ1) is 12.0. The number of alkyl halides is 1. The van der Waals surface area contributed by atoms with Gasteiger partial charge in [0.1, 0.15) is 12.4 Å². The maximum absolute atomic E-state index is 12.8. The SMILES string of the molecule is [N-]=NC[C@@H](F)COc1ccc([N+](=O)[O-])cc1. The van der Waals surface area contributed by atoms with Gasteiger partial charge < -0.3 is 15.4 Å². The molecule has 0 heterocycles. The Morgan fingerprint density at radius 1 is 1.50 bits per heavy atom. The Morgan fingerprint density at radius 2 is 2.12 bits per heavy atom. The molecule has 0 aliphatic rings. The molecule has 0 unspecified atom stereocenters. The van der Waals surface area contributed by atoms with Crippen molar-refractivity contribution in [1.29, 1.82) is 0 Å². The van der Waals surface area contributed by atoms with Gasteiger partial charge in [-0.15, -0.1) is 0 Å². The highest BCUT2D eigenvalue weighted by Gasteiger charge is 2.07. The molecule has 1 atom stereocenters. The van der Waals surface area contributed by atoms with Crippen LogP contribution >= 0.6 is 0 Å². The number of hydrogen-bond donors (Lipinski definition) is 0. The molecule has 7 heteroatoms. The van der Waals surface area contributed by atoms with Gasteiger partial charge in [-0.1, -0.05) is 0 Å². The van der Waals surface area contributed by atoms with Crippen molar-refractivity contribution in [2.45, 2.75) is 6.17 Å². The third-order valence-corrected chi connectivity index (χ3v) is 1.76. The van der Waals surface area contributed by atoms with Crippen LogP contribution in [-0.4, -0.2) is 24.2 Å². The van der Waals surface area contributed by atoms with Gasteiger partial charge in [-0.05, 0) is 12.1 Å². The summed E-state index contributed by atoms with van der Waals surface area (Å²) in [7, 11) is 0. The van der Waals surface area contributed by atoms with Gasteiger partial charge in [-0.3, -0.25) is 10.1 Å². The molecule has 1 aromatic rings. The molecule has 0 aliphatic heterocycles. The molecule has 0 bridgehead atoms. The number of benzene rings is 1. The summed E-state index contributed by atoms with van der Waals surface area (Å²) < 4.78 is 17.8. The lowest BCUT2D eigenvalue weighted by molar-refractivity contribution is -0.384. The molecule has 1 rings (SSSR count). The fraction of sp³-hybridized carbons (Fsp3) is 0.333. The highest BCUT2D eigenvalue weighted by Crippen LogP contribution is 2.17. The number of hydrogen-bond acceptors (Lipinski definition) is 4. The molecular weight excluding hydrogens is 217 g/mol. The van der Waals surface area contributed by atoms with Gasteiger partial charge in [0.05, 0.1) is 11.5 Å². The summed E-state index contributed by atoms with van der Waals surface area (Å²) in [5.41, 5.74) is 8.03. The Bertz CT molecular complexity index is 369. The second-order valence-corrected chi connectivity index (χ2v) is 2.98. The molecule has 0 aromatic heterocycles. The quantitative estimate of drug-likeness (QED) is 0.423. The Hall–Kier alpha value is -2.05. The van der Waals surface area contributed by atoms with E-state index in [2.05, 4.69) is 5.11 Å². The van der Waals surface area contributed by atoms with Crippen molar-refractivity contribution in [1.82, 2.24) is 0 Å². The monoisotopic (exact) mass is 226 g/mol. The smallest absolute Gasteiger partial charge is 0.269 e. The lowest BCUT2D eigenvalue weighted by Gasteiger charge is -2.09. The van der Waals surface area contributed by atoms with Crippen molar-refractivity contribution < 1.29 is 14.1 Å². The minimum absolute atomic E-state index is 0.0606. The number of halogens is 1. The molecule has 0 spiro atoms. The van der Waals surface area contributed by atoms with E-state index in [0.717, 1.165) is 0 Å². The van der Waals surface area contributed by atoms with E-state index in [0.29, 0.717) is 5.75 Å². The van der Waals surface area contributed by atoms with E-state index >= 15 is 0 Å². The van der Waals surface area contributed by atoms with Gasteiger partial charge >= 0.3 is 0 Å². The zero-order valence-corrected chi connectivity index (χ0v) is 8.25. The molecule has 0 N–H and O–H groups in total. The van der Waals surface area contributed by atoms with Crippen molar-refractivity contribution in [3.05, 3.63) is 39.9 Å². The van der Waals surface area contributed by atoms with Crippen LogP contribution in [0.4, 0.5) is 10.1 Å². The van der Waals surface area contributed by atoms with Gasteiger partial charge in [0, 0.05) is 12.1 Å². The van der Waals surface area contributed by atoms with Gasteiger partial charge in [-0.2, -0.15) is 0 Å². The Balaban J connectivity index is 2.49. The Labute approximate surface area is 90.7 Å². The van der Waals surface area contributed by atoms with Crippen LogP contribution in [-0.2, 0) is 0 Å². The Kier molecular flexibility index (Phi) is 4.31. The fourth-order valence-electron chi connectivity index (χ4n) is 0.992. The van der Waals surface area contributed by atoms with Gasteiger partial charge in [-0.25, -0.2) is 4.39 Å². The van der Waals surface area contributed by atoms with Crippen LogP contribution in [0.1, 0.15) is 0 Å². The summed E-state index contributed by atoms with van der Waals surface area (Å²) >= 11 is 0. The van der Waals surface area contributed by atoms with Crippen LogP contribution in [0, 0.1) is 10.1 Å². The van der Waals surface area contributed by atoms with Crippen LogP contribution in [0.25, 0.3) is 5.53 Å². The maximum atomic E-state index is 12.8. The second kappa shape index (κ2) is 5.74. The summed E-state index contributed by atoms with van der Waals surface area (Å²) in [6.45, 7) is -0.616. The normalized spacial score (nSPS) is 11.8. The standard InChI is InChI=1S/C9H9FN3O3/c10-7(5-12-11)6-16-9-3-1-8(2-4-9)13(14)15/h1-4,7H,5-6H2/q-1/t7-/m1/s1. The molecule has 0 saturated heterocycles. The van der Waals surface area contributed by atoms with Crippen molar-refractivity contribution in [3.63, 3.8) is 0 Å². The van der Waals surface area contributed by atoms with Crippen LogP contribution < -0.4 is 4.74 Å². The first-order chi connectivity index (χ1) is 7.63. The molecule has 0 fully saturated rings. The number of nitro benzene ring substituents is 1. The van der Waals surface area contributed by atoms with Crippen molar-refractivity contribution in [3.8, 4) is 5.75 Å². The molecule has 0 saturated carbocycles. The van der Waals surface area contributed by atoms with Gasteiger partial charge in [0.25, 0.3) is 5.69 Å². The number of rotatable bonds is 6. The fourth-order valence-corrected chi connectivity index (χ4v) is 0.992. The highest BCUT2D eigenvalue weighted by atomic mass is 19.1. The van der Waals surface area contributed by atoms with Crippen LogP contribution in [0.15, 0.2) is 29.4 Å². The van der Waals surface area contributed by atoms with E-state index in [1.807, 2.05) is 0 Å². The molecule has 0 radical (unpaired) electrons. The van der Waals surface area contributed by atoms with Gasteiger partial charge in [0.2, 0.25) is 0 Å². The van der Waals surface area contributed by atoms with Crippen LogP contribution in [0.2, 0.25) is 0 Å². The number of nitro groups is 1. The first-order valence-corrected chi connectivity index (χ1v) is 4.45. The third-order valence-electron chi connectivity index (χ3n) is 1.76. The van der Waals surface area contributed by atoms with Crippen LogP contribution in [0.3, 0.4) is 0 Å². The summed E-state index contributed by atoms with van der Waals surface area (Å²) in [4.78, 5) is 9.79. The first-order valence-electron chi connectivity index (χ1n) is 4.45. The van der Waals surface area contributed by atoms with E-state index in [1.54, 1.807) is 0 Å². The third kappa shape index (κ3) is 3.60. The minimum atomic E-state index is -1.40. The van der Waals surface area contributed by atoms with E-state index in [9.17, 15) is 14.5 Å². The summed E-state index contributed by atoms with van der Waals surface area (Å²) in [6, 6.07) is 5.28. The van der Waals surface area contributed by atoms with Crippen molar-refractivity contribution in [2.24, 2.45) is 5.11 Å². The average molecular weight is 226 g/mol. The zero-order valence-electron chi connectivity index (χ0n) is 8.25. The lowest BCUT2D eigenvalue weighted by atomic mass is 10.3.